The van der Waals surface area contributed by atoms with Crippen molar-refractivity contribution in [3.05, 3.63) is 29.8 Å². The van der Waals surface area contributed by atoms with E-state index in [2.05, 4.69) is 5.32 Å². The molecule has 4 nitrogen and oxygen atoms in total. The highest BCUT2D eigenvalue weighted by atomic mass is 16.5. The van der Waals surface area contributed by atoms with Crippen LogP contribution in [0.5, 0.6) is 5.75 Å². The maximum Gasteiger partial charge on any atom is 0.222 e. The molecule has 1 amide bonds. The van der Waals surface area contributed by atoms with Crippen molar-refractivity contribution in [2.45, 2.75) is 20.3 Å². The molecule has 1 unspecified atom stereocenters. The van der Waals surface area contributed by atoms with Gasteiger partial charge in [0.2, 0.25) is 5.91 Å². The van der Waals surface area contributed by atoms with E-state index in [4.69, 9.17) is 10.5 Å². The average molecular weight is 250 g/mol. The third-order valence-corrected chi connectivity index (χ3v) is 2.71. The van der Waals surface area contributed by atoms with Gasteiger partial charge < -0.3 is 15.8 Å². The summed E-state index contributed by atoms with van der Waals surface area (Å²) in [6.07, 6.45) is 0.713. The van der Waals surface area contributed by atoms with Gasteiger partial charge >= 0.3 is 0 Å². The smallest absolute Gasteiger partial charge is 0.222 e. The van der Waals surface area contributed by atoms with Crippen LogP contribution < -0.4 is 15.8 Å². The molecule has 0 aromatic heterocycles. The van der Waals surface area contributed by atoms with Gasteiger partial charge in [-0.15, -0.1) is 0 Å². The molecule has 0 radical (unpaired) electrons. The number of carbonyl (C=O) groups excluding carboxylic acids is 1. The molecule has 0 heterocycles. The Morgan fingerprint density at radius 2 is 2.28 bits per heavy atom. The van der Waals surface area contributed by atoms with E-state index >= 15 is 0 Å². The van der Waals surface area contributed by atoms with Crippen molar-refractivity contribution in [1.29, 1.82) is 0 Å². The summed E-state index contributed by atoms with van der Waals surface area (Å²) < 4.78 is 5.54. The molecular formula is C14H22N2O2. The highest BCUT2D eigenvalue weighted by molar-refractivity contribution is 5.78. The zero-order valence-electron chi connectivity index (χ0n) is 11.1. The van der Waals surface area contributed by atoms with E-state index in [9.17, 15) is 4.79 Å². The standard InChI is InChI=1S/C14H22N2O2/c1-11-4-3-5-13(10-11)18-9-8-16-14(17)12(2)6-7-15/h3-5,10,12H,6-9,15H2,1-2H3,(H,16,17). The Morgan fingerprint density at radius 3 is 2.94 bits per heavy atom. The Balaban J connectivity index is 2.21. The van der Waals surface area contributed by atoms with Gasteiger partial charge in [0.25, 0.3) is 0 Å². The molecule has 4 heteroatoms. The minimum absolute atomic E-state index is 0.0334. The van der Waals surface area contributed by atoms with Gasteiger partial charge in [0.05, 0.1) is 6.54 Å². The van der Waals surface area contributed by atoms with Gasteiger partial charge in [-0.2, -0.15) is 0 Å². The first-order chi connectivity index (χ1) is 8.63. The Hall–Kier alpha value is -1.55. The molecular weight excluding hydrogens is 228 g/mol. The number of aryl methyl sites for hydroxylation is 1. The van der Waals surface area contributed by atoms with Crippen LogP contribution in [0.1, 0.15) is 18.9 Å². The molecule has 0 bridgehead atoms. The quantitative estimate of drug-likeness (QED) is 0.720. The molecule has 3 N–H and O–H groups in total. The van der Waals surface area contributed by atoms with E-state index in [0.717, 1.165) is 11.3 Å². The fourth-order valence-electron chi connectivity index (χ4n) is 1.60. The minimum atomic E-state index is -0.0334. The third kappa shape index (κ3) is 5.19. The van der Waals surface area contributed by atoms with E-state index in [1.54, 1.807) is 0 Å². The molecule has 100 valence electrons. The summed E-state index contributed by atoms with van der Waals surface area (Å²) in [6.45, 7) is 5.42. The van der Waals surface area contributed by atoms with Crippen LogP contribution in [0.2, 0.25) is 0 Å². The molecule has 0 spiro atoms. The zero-order valence-corrected chi connectivity index (χ0v) is 11.1. The molecule has 1 atom stereocenters. The number of amides is 1. The number of carbonyl (C=O) groups is 1. The first kappa shape index (κ1) is 14.5. The number of rotatable bonds is 7. The van der Waals surface area contributed by atoms with Crippen LogP contribution in [0.25, 0.3) is 0 Å². The third-order valence-electron chi connectivity index (χ3n) is 2.71. The van der Waals surface area contributed by atoms with Crippen LogP contribution in [-0.4, -0.2) is 25.6 Å². The van der Waals surface area contributed by atoms with E-state index in [0.29, 0.717) is 26.1 Å². The second-order valence-electron chi connectivity index (χ2n) is 4.43. The number of hydrogen-bond donors (Lipinski definition) is 2. The van der Waals surface area contributed by atoms with Crippen molar-refractivity contribution in [2.24, 2.45) is 11.7 Å². The number of nitrogens with two attached hydrogens (primary N) is 1. The number of benzene rings is 1. The topological polar surface area (TPSA) is 64.3 Å². The molecule has 0 saturated heterocycles. The predicted octanol–water partition coefficient (Wildman–Crippen LogP) is 1.47. The molecule has 0 fully saturated rings. The van der Waals surface area contributed by atoms with Crippen LogP contribution in [0.4, 0.5) is 0 Å². The van der Waals surface area contributed by atoms with Gasteiger partial charge in [0.1, 0.15) is 12.4 Å². The molecule has 18 heavy (non-hydrogen) atoms. The van der Waals surface area contributed by atoms with Crippen molar-refractivity contribution in [1.82, 2.24) is 5.32 Å². The SMILES string of the molecule is Cc1cccc(OCCNC(=O)C(C)CCN)c1. The van der Waals surface area contributed by atoms with Crippen molar-refractivity contribution in [2.75, 3.05) is 19.7 Å². The molecule has 0 aliphatic rings. The summed E-state index contributed by atoms with van der Waals surface area (Å²) in [5.41, 5.74) is 6.57. The zero-order chi connectivity index (χ0) is 13.4. The van der Waals surface area contributed by atoms with E-state index in [1.807, 2.05) is 38.1 Å². The van der Waals surface area contributed by atoms with Crippen LogP contribution in [-0.2, 0) is 4.79 Å². The highest BCUT2D eigenvalue weighted by Crippen LogP contribution is 2.11. The molecule has 0 aliphatic heterocycles. The lowest BCUT2D eigenvalue weighted by atomic mass is 10.1. The Morgan fingerprint density at radius 1 is 1.50 bits per heavy atom. The minimum Gasteiger partial charge on any atom is -0.492 e. The summed E-state index contributed by atoms with van der Waals surface area (Å²) >= 11 is 0. The molecule has 1 aromatic rings. The predicted molar refractivity (Wildman–Crippen MR) is 72.5 cm³/mol. The largest absolute Gasteiger partial charge is 0.492 e. The first-order valence-electron chi connectivity index (χ1n) is 6.30. The Bertz CT molecular complexity index is 380. The lowest BCUT2D eigenvalue weighted by Gasteiger charge is -2.11. The van der Waals surface area contributed by atoms with Crippen LogP contribution in [0.15, 0.2) is 24.3 Å². The lowest BCUT2D eigenvalue weighted by molar-refractivity contribution is -0.124. The van der Waals surface area contributed by atoms with Gasteiger partial charge in [0, 0.05) is 5.92 Å². The van der Waals surface area contributed by atoms with Crippen molar-refractivity contribution in [3.63, 3.8) is 0 Å². The van der Waals surface area contributed by atoms with Gasteiger partial charge in [-0.1, -0.05) is 19.1 Å². The summed E-state index contributed by atoms with van der Waals surface area (Å²) in [7, 11) is 0. The summed E-state index contributed by atoms with van der Waals surface area (Å²) in [6, 6.07) is 7.85. The Kier molecular flexibility index (Phi) is 6.22. The maximum atomic E-state index is 11.6. The highest BCUT2D eigenvalue weighted by Gasteiger charge is 2.10. The second-order valence-corrected chi connectivity index (χ2v) is 4.43. The fourth-order valence-corrected chi connectivity index (χ4v) is 1.60. The number of ether oxygens (including phenoxy) is 1. The summed E-state index contributed by atoms with van der Waals surface area (Å²) in [4.78, 5) is 11.6. The average Bonchev–Trinajstić information content (AvgIpc) is 2.35. The van der Waals surface area contributed by atoms with E-state index in [1.165, 1.54) is 0 Å². The fraction of sp³-hybridized carbons (Fsp3) is 0.500. The van der Waals surface area contributed by atoms with Crippen LogP contribution in [0, 0.1) is 12.8 Å². The van der Waals surface area contributed by atoms with Gasteiger partial charge in [-0.25, -0.2) is 0 Å². The van der Waals surface area contributed by atoms with Gasteiger partial charge in [-0.05, 0) is 37.6 Å². The number of nitrogens with one attached hydrogen (secondary N) is 1. The summed E-state index contributed by atoms with van der Waals surface area (Å²) in [5, 5.41) is 2.83. The molecule has 1 aromatic carbocycles. The van der Waals surface area contributed by atoms with Crippen LogP contribution >= 0.6 is 0 Å². The van der Waals surface area contributed by atoms with Crippen molar-refractivity contribution in [3.8, 4) is 5.75 Å². The Labute approximate surface area is 109 Å². The molecule has 0 aliphatic carbocycles. The maximum absolute atomic E-state index is 11.6. The van der Waals surface area contributed by atoms with E-state index < -0.39 is 0 Å². The molecule has 1 rings (SSSR count). The van der Waals surface area contributed by atoms with Crippen molar-refractivity contribution >= 4 is 5.91 Å². The number of hydrogen-bond acceptors (Lipinski definition) is 3. The van der Waals surface area contributed by atoms with Gasteiger partial charge in [0.15, 0.2) is 0 Å². The molecule has 0 saturated carbocycles. The first-order valence-corrected chi connectivity index (χ1v) is 6.30. The monoisotopic (exact) mass is 250 g/mol. The van der Waals surface area contributed by atoms with Gasteiger partial charge in [-0.3, -0.25) is 4.79 Å². The van der Waals surface area contributed by atoms with E-state index in [-0.39, 0.29) is 11.8 Å². The second kappa shape index (κ2) is 7.71. The van der Waals surface area contributed by atoms with Crippen molar-refractivity contribution < 1.29 is 9.53 Å². The normalized spacial score (nSPS) is 11.9. The lowest BCUT2D eigenvalue weighted by Crippen LogP contribution is -2.33. The van der Waals surface area contributed by atoms with Crippen LogP contribution in [0.3, 0.4) is 0 Å². The summed E-state index contributed by atoms with van der Waals surface area (Å²) in [5.74, 6) is 0.835.